The van der Waals surface area contributed by atoms with Gasteiger partial charge in [-0.3, -0.25) is 9.69 Å². The van der Waals surface area contributed by atoms with Gasteiger partial charge in [0.25, 0.3) is 5.91 Å². The molecule has 1 amide bonds. The normalized spacial score (nSPS) is 16.0. The lowest BCUT2D eigenvalue weighted by Crippen LogP contribution is -2.51. The van der Waals surface area contributed by atoms with Gasteiger partial charge in [-0.2, -0.15) is 0 Å². The van der Waals surface area contributed by atoms with Gasteiger partial charge < -0.3 is 14.7 Å². The number of aliphatic hydroxyl groups excluding tert-OH is 1. The summed E-state index contributed by atoms with van der Waals surface area (Å²) < 4.78 is 19.8. The summed E-state index contributed by atoms with van der Waals surface area (Å²) in [4.78, 5) is 16.2. The summed E-state index contributed by atoms with van der Waals surface area (Å²) in [7, 11) is 0. The molecule has 1 aliphatic rings. The van der Waals surface area contributed by atoms with E-state index in [2.05, 4.69) is 4.90 Å². The van der Waals surface area contributed by atoms with Gasteiger partial charge in [-0.25, -0.2) is 4.39 Å². The van der Waals surface area contributed by atoms with Crippen molar-refractivity contribution in [3.05, 3.63) is 63.9 Å². The average Bonchev–Trinajstić information content (AvgIpc) is 2.69. The molecule has 0 spiro atoms. The number of ether oxygens (including phenoxy) is 1. The van der Waals surface area contributed by atoms with Gasteiger partial charge in [-0.1, -0.05) is 23.7 Å². The van der Waals surface area contributed by atoms with E-state index in [1.165, 1.54) is 12.1 Å². The number of halogens is 2. The maximum absolute atomic E-state index is 14.0. The number of β-amino-alcohol motifs (C(OH)–C–C–N with tert-alkyl or cyclic N) is 1. The minimum absolute atomic E-state index is 0.0322. The fraction of sp³-hybridized carbons (Fsp3) is 0.409. The van der Waals surface area contributed by atoms with Gasteiger partial charge in [-0.05, 0) is 49.2 Å². The number of hydrogen-bond acceptors (Lipinski definition) is 4. The lowest BCUT2D eigenvalue weighted by molar-refractivity contribution is 0.0400. The molecule has 2 aromatic rings. The topological polar surface area (TPSA) is 53.0 Å². The molecule has 0 radical (unpaired) electrons. The predicted molar refractivity (Wildman–Crippen MR) is 111 cm³/mol. The van der Waals surface area contributed by atoms with Crippen LogP contribution in [-0.2, 0) is 0 Å². The number of benzene rings is 2. The lowest BCUT2D eigenvalue weighted by atomic mass is 10.1. The number of hydrogen-bond donors (Lipinski definition) is 1. The Hall–Kier alpha value is -2.15. The van der Waals surface area contributed by atoms with Crippen LogP contribution >= 0.6 is 11.6 Å². The van der Waals surface area contributed by atoms with Crippen LogP contribution < -0.4 is 4.74 Å². The fourth-order valence-electron chi connectivity index (χ4n) is 3.37. The van der Waals surface area contributed by atoms with Crippen LogP contribution in [0.2, 0.25) is 5.02 Å². The summed E-state index contributed by atoms with van der Waals surface area (Å²) in [5.41, 5.74) is 2.17. The first-order valence-corrected chi connectivity index (χ1v) is 10.1. The highest BCUT2D eigenvalue weighted by Gasteiger charge is 2.25. The van der Waals surface area contributed by atoms with Crippen LogP contribution in [0, 0.1) is 19.7 Å². The number of nitrogens with zero attached hydrogens (tertiary/aromatic N) is 2. The Labute approximate surface area is 175 Å². The van der Waals surface area contributed by atoms with Gasteiger partial charge >= 0.3 is 0 Å². The van der Waals surface area contributed by atoms with Crippen molar-refractivity contribution < 1.29 is 19.0 Å². The van der Waals surface area contributed by atoms with E-state index in [0.29, 0.717) is 32.7 Å². The quantitative estimate of drug-likeness (QED) is 0.779. The molecule has 156 valence electrons. The van der Waals surface area contributed by atoms with Crippen molar-refractivity contribution in [1.82, 2.24) is 9.80 Å². The van der Waals surface area contributed by atoms with Crippen LogP contribution in [0.3, 0.4) is 0 Å². The number of piperazine rings is 1. The number of rotatable bonds is 6. The molecule has 0 aliphatic carbocycles. The molecule has 3 rings (SSSR count). The molecule has 0 aromatic heterocycles. The van der Waals surface area contributed by atoms with Gasteiger partial charge in [0.2, 0.25) is 0 Å². The van der Waals surface area contributed by atoms with Crippen LogP contribution in [0.4, 0.5) is 4.39 Å². The molecule has 1 aliphatic heterocycles. The second-order valence-electron chi connectivity index (χ2n) is 7.45. The van der Waals surface area contributed by atoms with Crippen molar-refractivity contribution in [2.75, 3.05) is 39.3 Å². The predicted octanol–water partition coefficient (Wildman–Crippen LogP) is 3.29. The molecule has 1 N–H and O–H groups in total. The zero-order valence-corrected chi connectivity index (χ0v) is 17.5. The number of amides is 1. The van der Waals surface area contributed by atoms with Crippen molar-refractivity contribution >= 4 is 17.5 Å². The van der Waals surface area contributed by atoms with E-state index in [1.54, 1.807) is 4.90 Å². The monoisotopic (exact) mass is 420 g/mol. The Morgan fingerprint density at radius 2 is 1.90 bits per heavy atom. The summed E-state index contributed by atoms with van der Waals surface area (Å²) >= 11 is 5.75. The van der Waals surface area contributed by atoms with Gasteiger partial charge in [0.15, 0.2) is 0 Å². The second-order valence-corrected chi connectivity index (χ2v) is 7.89. The van der Waals surface area contributed by atoms with E-state index in [1.807, 2.05) is 32.0 Å². The van der Waals surface area contributed by atoms with Crippen LogP contribution in [0.1, 0.15) is 21.5 Å². The molecule has 1 saturated heterocycles. The van der Waals surface area contributed by atoms with Crippen molar-refractivity contribution in [2.45, 2.75) is 20.0 Å². The number of carbonyl (C=O) groups excluding carboxylic acids is 1. The van der Waals surface area contributed by atoms with Gasteiger partial charge in [0, 0.05) is 37.7 Å². The Bertz CT molecular complexity index is 869. The van der Waals surface area contributed by atoms with Gasteiger partial charge in [0.1, 0.15) is 24.3 Å². The molecule has 1 heterocycles. The SMILES string of the molecule is Cc1ccc(C)c(OCC(O)CN2CCN(C(=O)c3ccc(Cl)cc3F)CC2)c1. The molecular formula is C22H26ClFN2O3. The summed E-state index contributed by atoms with van der Waals surface area (Å²) in [5, 5.41) is 10.6. The molecule has 1 unspecified atom stereocenters. The smallest absolute Gasteiger partial charge is 0.256 e. The third-order valence-electron chi connectivity index (χ3n) is 5.06. The Morgan fingerprint density at radius 3 is 2.59 bits per heavy atom. The highest BCUT2D eigenvalue weighted by Crippen LogP contribution is 2.20. The summed E-state index contributed by atoms with van der Waals surface area (Å²) in [5.74, 6) is -0.161. The van der Waals surface area contributed by atoms with E-state index >= 15 is 0 Å². The van der Waals surface area contributed by atoms with Crippen molar-refractivity contribution in [2.24, 2.45) is 0 Å². The van der Waals surface area contributed by atoms with E-state index in [-0.39, 0.29) is 23.1 Å². The van der Waals surface area contributed by atoms with Crippen molar-refractivity contribution in [3.63, 3.8) is 0 Å². The largest absolute Gasteiger partial charge is 0.491 e. The first kappa shape index (κ1) is 21.6. The standard InChI is InChI=1S/C22H26ClFN2O3/c1-15-3-4-16(2)21(11-15)29-14-18(27)13-25-7-9-26(10-8-25)22(28)19-6-5-17(23)12-20(19)24/h3-6,11-12,18,27H,7-10,13-14H2,1-2H3. The molecule has 29 heavy (non-hydrogen) atoms. The molecule has 2 aromatic carbocycles. The van der Waals surface area contributed by atoms with Gasteiger partial charge in [0.05, 0.1) is 5.56 Å². The highest BCUT2D eigenvalue weighted by molar-refractivity contribution is 6.30. The molecule has 0 bridgehead atoms. The van der Waals surface area contributed by atoms with Crippen LogP contribution in [0.15, 0.2) is 36.4 Å². The fourth-order valence-corrected chi connectivity index (χ4v) is 3.53. The molecular weight excluding hydrogens is 395 g/mol. The number of carbonyl (C=O) groups is 1. The number of aliphatic hydroxyl groups is 1. The summed E-state index contributed by atoms with van der Waals surface area (Å²) in [6, 6.07) is 10.1. The first-order valence-electron chi connectivity index (χ1n) is 9.68. The minimum atomic E-state index is -0.633. The maximum Gasteiger partial charge on any atom is 0.256 e. The number of aryl methyl sites for hydroxylation is 2. The van der Waals surface area contributed by atoms with Gasteiger partial charge in [-0.15, -0.1) is 0 Å². The Kier molecular flexibility index (Phi) is 7.11. The van der Waals surface area contributed by atoms with E-state index in [4.69, 9.17) is 16.3 Å². The van der Waals surface area contributed by atoms with Crippen LogP contribution in [-0.4, -0.2) is 66.2 Å². The van der Waals surface area contributed by atoms with Crippen molar-refractivity contribution in [3.8, 4) is 5.75 Å². The second kappa shape index (κ2) is 9.57. The van der Waals surface area contributed by atoms with E-state index in [0.717, 1.165) is 22.9 Å². The highest BCUT2D eigenvalue weighted by atomic mass is 35.5. The summed E-state index contributed by atoms with van der Waals surface area (Å²) in [6.45, 7) is 6.82. The maximum atomic E-state index is 14.0. The zero-order chi connectivity index (χ0) is 21.0. The molecule has 7 heteroatoms. The third-order valence-corrected chi connectivity index (χ3v) is 5.30. The first-order chi connectivity index (χ1) is 13.8. The average molecular weight is 421 g/mol. The molecule has 1 fully saturated rings. The van der Waals surface area contributed by atoms with Crippen LogP contribution in [0.25, 0.3) is 0 Å². The van der Waals surface area contributed by atoms with E-state index < -0.39 is 11.9 Å². The van der Waals surface area contributed by atoms with Crippen molar-refractivity contribution in [1.29, 1.82) is 0 Å². The summed E-state index contributed by atoms with van der Waals surface area (Å²) in [6.07, 6.45) is -0.633. The molecule has 1 atom stereocenters. The molecule has 5 nitrogen and oxygen atoms in total. The Balaban J connectivity index is 1.46. The third kappa shape index (κ3) is 5.69. The van der Waals surface area contributed by atoms with E-state index in [9.17, 15) is 14.3 Å². The minimum Gasteiger partial charge on any atom is -0.491 e. The Morgan fingerprint density at radius 1 is 1.17 bits per heavy atom. The van der Waals surface area contributed by atoms with Crippen LogP contribution in [0.5, 0.6) is 5.75 Å². The molecule has 0 saturated carbocycles. The zero-order valence-electron chi connectivity index (χ0n) is 16.7. The lowest BCUT2D eigenvalue weighted by Gasteiger charge is -2.35.